The Morgan fingerprint density at radius 3 is 1.54 bits per heavy atom. The number of aromatic hydroxyl groups is 1. The molecule has 0 radical (unpaired) electrons. The van der Waals surface area contributed by atoms with Crippen LogP contribution in [0.5, 0.6) is 5.75 Å². The third-order valence-electron chi connectivity index (χ3n) is 4.61. The highest BCUT2D eigenvalue weighted by Gasteiger charge is 2.63. The minimum absolute atomic E-state index is 0.327. The number of phenolic OH excluding ortho intramolecular Hbond substituents is 1. The van der Waals surface area contributed by atoms with E-state index in [1.807, 2.05) is 12.1 Å². The first-order valence-electron chi connectivity index (χ1n) is 9.86. The van der Waals surface area contributed by atoms with Crippen LogP contribution in [-0.2, 0) is 47.0 Å². The number of alkyl halides is 9. The Morgan fingerprint density at radius 2 is 1.21 bits per heavy atom. The Hall–Kier alpha value is -1.93. The molecule has 0 aromatic heterocycles. The number of rotatable bonds is 7. The van der Waals surface area contributed by atoms with Gasteiger partial charge in [0.15, 0.2) is 29.5 Å². The van der Waals surface area contributed by atoms with Crippen molar-refractivity contribution < 1.29 is 69.9 Å². The number of hydrogen-bond acceptors (Lipinski definition) is 7. The monoisotopic (exact) mass is 658 g/mol. The summed E-state index contributed by atoms with van der Waals surface area (Å²) >= 11 is 1.45. The zero-order chi connectivity index (χ0) is 30.7. The van der Waals surface area contributed by atoms with Crippen LogP contribution in [0.15, 0.2) is 48.6 Å². The molecule has 39 heavy (non-hydrogen) atoms. The molecule has 1 aliphatic rings. The summed E-state index contributed by atoms with van der Waals surface area (Å²) in [6.45, 7) is 2.32. The van der Waals surface area contributed by atoms with Crippen LogP contribution in [0.2, 0.25) is 0 Å². The molecule has 0 aliphatic heterocycles. The summed E-state index contributed by atoms with van der Waals surface area (Å²) in [5.74, 6) is 2.60. The molecule has 20 heteroatoms. The van der Waals surface area contributed by atoms with Crippen molar-refractivity contribution >= 4 is 41.3 Å². The molecule has 1 aromatic rings. The highest BCUT2D eigenvalue weighted by molar-refractivity contribution is 8.29. The van der Waals surface area contributed by atoms with Gasteiger partial charge in [-0.15, -0.1) is 0 Å². The van der Waals surface area contributed by atoms with Gasteiger partial charge in [-0.3, -0.25) is 25.3 Å². The van der Waals surface area contributed by atoms with Gasteiger partial charge >= 0.3 is 16.5 Å². The quantitative estimate of drug-likeness (QED) is 0.199. The van der Waals surface area contributed by atoms with Crippen LogP contribution in [0.1, 0.15) is 18.9 Å². The van der Waals surface area contributed by atoms with Crippen molar-refractivity contribution in [1.82, 2.24) is 0 Å². The van der Waals surface area contributed by atoms with Gasteiger partial charge in [-0.05, 0) is 30.3 Å². The summed E-state index contributed by atoms with van der Waals surface area (Å²) in [6, 6.07) is 7.52. The Morgan fingerprint density at radius 1 is 0.795 bits per heavy atom. The molecular formula is C19H19F9O7S4. The van der Waals surface area contributed by atoms with E-state index < -0.39 is 50.0 Å². The zero-order valence-corrected chi connectivity index (χ0v) is 22.6. The summed E-state index contributed by atoms with van der Waals surface area (Å²) in [5, 5.41) is 9.21. The van der Waals surface area contributed by atoms with Gasteiger partial charge in [-0.25, -0.2) is 0 Å². The Bertz CT molecular complexity index is 1270. The van der Waals surface area contributed by atoms with Crippen LogP contribution in [0, 0.1) is 9.33 Å². The van der Waals surface area contributed by atoms with Gasteiger partial charge in [-0.2, -0.15) is 39.5 Å². The van der Waals surface area contributed by atoms with Crippen molar-refractivity contribution in [3.63, 3.8) is 0 Å². The van der Waals surface area contributed by atoms with E-state index in [9.17, 15) is 69.9 Å². The standard InChI is InChI=1S/C15H18OS.C4F9O6S3/c1-15(9-3-2-4-10-15)12-17-11-13-5-7-14(16)8-6-13;5-2(6,7)20(14,15)1(21(16,17)3(8,9)10)22(18,19)4(11,12)13/h2-9,16H,10-12H2,1H3;/q;-1/p+1. The molecule has 2 rings (SSSR count). The molecule has 1 aromatic carbocycles. The van der Waals surface area contributed by atoms with Crippen LogP contribution < -0.4 is 0 Å². The Balaban J connectivity index is 0.000000400. The van der Waals surface area contributed by atoms with Crippen LogP contribution in [0.4, 0.5) is 39.5 Å². The Labute approximate surface area is 221 Å². The molecular weight excluding hydrogens is 639 g/mol. The average Bonchev–Trinajstić information content (AvgIpc) is 2.73. The van der Waals surface area contributed by atoms with E-state index in [1.54, 1.807) is 12.1 Å². The first-order valence-corrected chi connectivity index (χ1v) is 15.6. The molecule has 0 spiro atoms. The predicted molar refractivity (Wildman–Crippen MR) is 125 cm³/mol. The second-order valence-corrected chi connectivity index (χ2v) is 15.4. The highest BCUT2D eigenvalue weighted by Crippen LogP contribution is 2.47. The SMILES string of the molecule is CC1(C[SH+]Cc2ccc(O)cc2)C=CC=CC1.O=S(=O)([C-](S(=O)(=O)C(F)(F)F)S(=O)(=O)C(F)(F)F)C(F)(F)F. The van der Waals surface area contributed by atoms with Gasteiger partial charge < -0.3 is 5.11 Å². The third kappa shape index (κ3) is 8.53. The molecule has 224 valence electrons. The van der Waals surface area contributed by atoms with E-state index in [2.05, 4.69) is 31.2 Å². The maximum Gasteiger partial charge on any atom is 0.470 e. The van der Waals surface area contributed by atoms with Gasteiger partial charge in [-0.1, -0.05) is 43.4 Å². The lowest BCUT2D eigenvalue weighted by atomic mass is 9.86. The lowest BCUT2D eigenvalue weighted by Gasteiger charge is -2.31. The van der Waals surface area contributed by atoms with Crippen molar-refractivity contribution in [1.29, 1.82) is 0 Å². The smallest absolute Gasteiger partial charge is 0.470 e. The number of allylic oxidation sites excluding steroid dienone is 4. The van der Waals surface area contributed by atoms with Gasteiger partial charge in [0.2, 0.25) is 0 Å². The van der Waals surface area contributed by atoms with E-state index in [1.165, 1.54) is 23.1 Å². The van der Waals surface area contributed by atoms with Crippen LogP contribution >= 0.6 is 0 Å². The first kappa shape index (κ1) is 35.1. The van der Waals surface area contributed by atoms with E-state index in [0.717, 1.165) is 12.2 Å². The minimum Gasteiger partial charge on any atom is -0.508 e. The highest BCUT2D eigenvalue weighted by atomic mass is 32.3. The summed E-state index contributed by atoms with van der Waals surface area (Å²) in [7, 11) is -24.1. The van der Waals surface area contributed by atoms with Gasteiger partial charge in [0.1, 0.15) is 17.3 Å². The maximum atomic E-state index is 12.0. The maximum absolute atomic E-state index is 12.0. The summed E-state index contributed by atoms with van der Waals surface area (Å²) < 4.78 is 167. The third-order valence-corrected chi connectivity index (χ3v) is 13.2. The first-order chi connectivity index (χ1) is 17.3. The molecule has 0 bridgehead atoms. The van der Waals surface area contributed by atoms with Crippen LogP contribution in [-0.4, -0.2) is 52.6 Å². The summed E-state index contributed by atoms with van der Waals surface area (Å²) in [4.78, 5) is 0. The van der Waals surface area contributed by atoms with Crippen molar-refractivity contribution in [3.05, 3.63) is 58.0 Å². The molecule has 0 fully saturated rings. The molecule has 1 N–H and O–H groups in total. The van der Waals surface area contributed by atoms with Crippen molar-refractivity contribution in [2.45, 2.75) is 35.6 Å². The topological polar surface area (TPSA) is 123 Å². The molecule has 0 saturated heterocycles. The minimum atomic E-state index is -8.02. The molecule has 1 atom stereocenters. The molecule has 1 unspecified atom stereocenters. The molecule has 0 amide bonds. The average molecular weight is 659 g/mol. The number of phenols is 1. The molecule has 0 heterocycles. The van der Waals surface area contributed by atoms with Crippen molar-refractivity contribution in [2.24, 2.45) is 5.41 Å². The van der Waals surface area contributed by atoms with Crippen LogP contribution in [0.3, 0.4) is 0 Å². The predicted octanol–water partition coefficient (Wildman–Crippen LogP) is 4.47. The van der Waals surface area contributed by atoms with Crippen molar-refractivity contribution in [3.8, 4) is 5.75 Å². The number of halogens is 9. The number of benzene rings is 1. The summed E-state index contributed by atoms with van der Waals surface area (Å²) in [6.07, 6.45) is 9.98. The fourth-order valence-electron chi connectivity index (χ4n) is 2.65. The molecule has 1 aliphatic carbocycles. The number of sulfone groups is 3. The fraction of sp³-hybridized carbons (Fsp3) is 0.421. The summed E-state index contributed by atoms with van der Waals surface area (Å²) in [5.41, 5.74) is -19.5. The molecule has 0 saturated carbocycles. The molecule has 7 nitrogen and oxygen atoms in total. The lowest BCUT2D eigenvalue weighted by Crippen LogP contribution is -2.47. The normalized spacial score (nSPS) is 19.1. The van der Waals surface area contributed by atoms with E-state index >= 15 is 0 Å². The van der Waals surface area contributed by atoms with E-state index in [-0.39, 0.29) is 0 Å². The largest absolute Gasteiger partial charge is 0.508 e. The van der Waals surface area contributed by atoms with E-state index in [4.69, 9.17) is 0 Å². The van der Waals surface area contributed by atoms with E-state index in [0.29, 0.717) is 11.2 Å². The lowest BCUT2D eigenvalue weighted by molar-refractivity contribution is -0.0471. The zero-order valence-electron chi connectivity index (χ0n) is 19.2. The second kappa shape index (κ2) is 11.9. The van der Waals surface area contributed by atoms with Crippen LogP contribution in [0.25, 0.3) is 0 Å². The van der Waals surface area contributed by atoms with Crippen molar-refractivity contribution in [2.75, 3.05) is 5.75 Å². The Kier molecular flexibility index (Phi) is 10.7. The van der Waals surface area contributed by atoms with Gasteiger partial charge in [0.05, 0.1) is 3.91 Å². The second-order valence-electron chi connectivity index (χ2n) is 7.95. The van der Waals surface area contributed by atoms with Gasteiger partial charge in [0.25, 0.3) is 0 Å². The fourth-order valence-corrected chi connectivity index (χ4v) is 9.71. The number of thiol groups is 1. The number of hydrogen-bond donors (Lipinski definition) is 1. The van der Waals surface area contributed by atoms with Gasteiger partial charge in [0, 0.05) is 11.0 Å².